The van der Waals surface area contributed by atoms with Crippen LogP contribution in [0.4, 0.5) is 10.7 Å². The minimum atomic E-state index is -4.15. The Bertz CT molecular complexity index is 1830. The van der Waals surface area contributed by atoms with Gasteiger partial charge in [-0.15, -0.1) is 0 Å². The van der Waals surface area contributed by atoms with E-state index in [0.717, 1.165) is 42.4 Å². The van der Waals surface area contributed by atoms with Crippen LogP contribution in [0.15, 0.2) is 53.4 Å². The normalized spacial score (nSPS) is 24.5. The van der Waals surface area contributed by atoms with Crippen molar-refractivity contribution in [3.63, 3.8) is 0 Å². The van der Waals surface area contributed by atoms with Gasteiger partial charge in [-0.2, -0.15) is 4.98 Å². The predicted octanol–water partition coefficient (Wildman–Crippen LogP) is 6.60. The number of hydrogen-bond donors (Lipinski definition) is 1. The Morgan fingerprint density at radius 2 is 1.71 bits per heavy atom. The van der Waals surface area contributed by atoms with Crippen molar-refractivity contribution in [3.8, 4) is 17.1 Å². The van der Waals surface area contributed by atoms with Crippen LogP contribution >= 0.6 is 0 Å². The van der Waals surface area contributed by atoms with Crippen molar-refractivity contribution in [2.45, 2.75) is 103 Å². The Morgan fingerprint density at radius 3 is 2.37 bits per heavy atom. The van der Waals surface area contributed by atoms with Crippen molar-refractivity contribution in [1.82, 2.24) is 19.8 Å². The second-order valence-corrected chi connectivity index (χ2v) is 16.5. The second kappa shape index (κ2) is 13.3. The average Bonchev–Trinajstić information content (AvgIpc) is 2.98. The molecule has 1 atom stereocenters. The van der Waals surface area contributed by atoms with Gasteiger partial charge in [0.2, 0.25) is 11.8 Å². The number of hydrogen-bond acceptors (Lipinski definition) is 8. The van der Waals surface area contributed by atoms with Crippen LogP contribution in [0.2, 0.25) is 0 Å². The maximum absolute atomic E-state index is 14.5. The lowest BCUT2D eigenvalue weighted by Gasteiger charge is -2.61. The Hall–Kier alpha value is -4.19. The summed E-state index contributed by atoms with van der Waals surface area (Å²) in [5.41, 5.74) is 3.72. The van der Waals surface area contributed by atoms with E-state index in [1.165, 1.54) is 12.1 Å². The number of nitrogens with one attached hydrogen (secondary N) is 1. The van der Waals surface area contributed by atoms with Crippen molar-refractivity contribution in [3.05, 3.63) is 65.2 Å². The van der Waals surface area contributed by atoms with E-state index in [1.807, 2.05) is 50.8 Å². The number of anilines is 1. The molecule has 2 saturated carbocycles. The van der Waals surface area contributed by atoms with Crippen molar-refractivity contribution in [2.75, 3.05) is 18.4 Å². The van der Waals surface area contributed by atoms with Gasteiger partial charge >= 0.3 is 6.09 Å². The highest BCUT2D eigenvalue weighted by Crippen LogP contribution is 2.59. The summed E-state index contributed by atoms with van der Waals surface area (Å²) in [6, 6.07) is 13.6. The SMILES string of the molecule is Cc1cccc(C)c1-c1cc2nc(n1)NS(=O)(=O)c1cccc(c1)C(=O)N([C@H]1CC3(C[C@H](N(C)C(=O)OC(C)C)C3)C1)[C@H](CC(C)C)CO2. The van der Waals surface area contributed by atoms with Gasteiger partial charge in [-0.25, -0.2) is 22.9 Å². The molecule has 1 spiro atoms. The van der Waals surface area contributed by atoms with Gasteiger partial charge in [0.1, 0.15) is 6.61 Å². The van der Waals surface area contributed by atoms with Crippen molar-refractivity contribution in [2.24, 2.45) is 11.3 Å². The fraction of sp³-hybridized carbons (Fsp3) is 0.514. The molecule has 0 saturated heterocycles. The number of carbonyl (C=O) groups excluding carboxylic acids is 2. The minimum absolute atomic E-state index is 0.0450. The molecule has 1 aliphatic heterocycles. The van der Waals surface area contributed by atoms with Crippen molar-refractivity contribution < 1.29 is 27.5 Å². The fourth-order valence-corrected chi connectivity index (χ4v) is 8.74. The van der Waals surface area contributed by atoms with Crippen LogP contribution in [-0.4, -0.2) is 78.1 Å². The number of rotatable bonds is 6. The first-order valence-corrected chi connectivity index (χ1v) is 18.6. The zero-order valence-corrected chi connectivity index (χ0v) is 30.2. The van der Waals surface area contributed by atoms with Crippen LogP contribution in [0.25, 0.3) is 11.3 Å². The highest BCUT2D eigenvalue weighted by molar-refractivity contribution is 7.92. The minimum Gasteiger partial charge on any atom is -0.475 e. The second-order valence-electron chi connectivity index (χ2n) is 14.8. The van der Waals surface area contributed by atoms with Gasteiger partial charge in [-0.1, -0.05) is 38.1 Å². The number of aromatic nitrogens is 2. The number of benzene rings is 2. The zero-order valence-electron chi connectivity index (χ0n) is 29.4. The fourth-order valence-electron chi connectivity index (χ4n) is 7.75. The van der Waals surface area contributed by atoms with E-state index in [0.29, 0.717) is 17.7 Å². The lowest BCUT2D eigenvalue weighted by atomic mass is 9.51. The molecular formula is C37H47N5O6S. The number of carbonyl (C=O) groups is 2. The monoisotopic (exact) mass is 689 g/mol. The topological polar surface area (TPSA) is 131 Å². The zero-order chi connectivity index (χ0) is 35.2. The molecule has 2 fully saturated rings. The third-order valence-corrected chi connectivity index (χ3v) is 11.4. The highest BCUT2D eigenvalue weighted by atomic mass is 32.2. The van der Waals surface area contributed by atoms with Gasteiger partial charge in [-0.05, 0) is 100 Å². The first kappa shape index (κ1) is 34.7. The molecule has 2 aromatic carbocycles. The summed E-state index contributed by atoms with van der Waals surface area (Å²) in [7, 11) is -2.36. The number of fused-ring (bicyclic) bond motifs is 4. The highest BCUT2D eigenvalue weighted by Gasteiger charge is 2.57. The molecule has 1 N–H and O–H groups in total. The maximum atomic E-state index is 14.5. The summed E-state index contributed by atoms with van der Waals surface area (Å²) in [6.45, 7) is 12.1. The maximum Gasteiger partial charge on any atom is 0.410 e. The molecule has 1 aromatic heterocycles. The van der Waals surface area contributed by atoms with E-state index >= 15 is 0 Å². The van der Waals surface area contributed by atoms with E-state index in [1.54, 1.807) is 30.1 Å². The molecule has 11 nitrogen and oxygen atoms in total. The van der Waals surface area contributed by atoms with Crippen LogP contribution in [0.3, 0.4) is 0 Å². The standard InChI is InChI=1S/C37H47N5O6S/c1-22(2)14-27-21-47-32-16-31(33-24(5)10-8-11-25(33)6)38-35(39-32)40-49(45,46)30-13-9-12-26(15-30)34(43)42(27)29-19-37(20-29)17-28(18-37)41(7)36(44)48-23(3)4/h8-13,15-16,22-23,27-29H,14,17-21H2,1-7H3,(H,38,39,40)/t27-,28-,29-,37?/m1/s1. The predicted molar refractivity (Wildman–Crippen MR) is 187 cm³/mol. The number of amides is 2. The first-order chi connectivity index (χ1) is 23.1. The quantitative estimate of drug-likeness (QED) is 0.307. The van der Waals surface area contributed by atoms with Crippen LogP contribution < -0.4 is 9.46 Å². The van der Waals surface area contributed by atoms with E-state index in [4.69, 9.17) is 9.47 Å². The summed E-state index contributed by atoms with van der Waals surface area (Å²) in [5.74, 6) is 0.140. The van der Waals surface area contributed by atoms with Gasteiger partial charge < -0.3 is 19.3 Å². The van der Waals surface area contributed by atoms with Gasteiger partial charge in [0.15, 0.2) is 0 Å². The van der Waals surface area contributed by atoms with Crippen LogP contribution in [0.5, 0.6) is 5.88 Å². The molecule has 262 valence electrons. The Balaban J connectivity index is 1.34. The number of sulfonamides is 1. The molecular weight excluding hydrogens is 643 g/mol. The molecule has 2 heterocycles. The van der Waals surface area contributed by atoms with Crippen LogP contribution in [-0.2, 0) is 14.8 Å². The van der Waals surface area contributed by atoms with Crippen molar-refractivity contribution >= 4 is 28.0 Å². The van der Waals surface area contributed by atoms with Crippen molar-refractivity contribution in [1.29, 1.82) is 0 Å². The smallest absolute Gasteiger partial charge is 0.410 e. The molecule has 12 heteroatoms. The largest absolute Gasteiger partial charge is 0.475 e. The summed E-state index contributed by atoms with van der Waals surface area (Å²) < 4.78 is 41.7. The molecule has 0 radical (unpaired) electrons. The average molecular weight is 690 g/mol. The summed E-state index contributed by atoms with van der Waals surface area (Å²) in [5, 5.41) is 0. The van der Waals surface area contributed by atoms with E-state index < -0.39 is 10.0 Å². The Labute approximate surface area is 289 Å². The van der Waals surface area contributed by atoms with Gasteiger partial charge in [-0.3, -0.25) is 4.79 Å². The molecule has 49 heavy (non-hydrogen) atoms. The van der Waals surface area contributed by atoms with Crippen LogP contribution in [0.1, 0.15) is 81.3 Å². The molecule has 3 aromatic rings. The molecule has 4 bridgehead atoms. The Kier molecular flexibility index (Phi) is 9.38. The first-order valence-electron chi connectivity index (χ1n) is 17.1. The lowest BCUT2D eigenvalue weighted by molar-refractivity contribution is -0.0985. The molecule has 2 aliphatic carbocycles. The summed E-state index contributed by atoms with van der Waals surface area (Å²) >= 11 is 0. The van der Waals surface area contributed by atoms with Crippen LogP contribution in [0, 0.1) is 25.2 Å². The number of nitrogens with zero attached hydrogens (tertiary/aromatic N) is 4. The molecule has 0 unspecified atom stereocenters. The van der Waals surface area contributed by atoms with E-state index in [-0.39, 0.29) is 70.9 Å². The molecule has 2 amide bonds. The van der Waals surface area contributed by atoms with E-state index in [2.05, 4.69) is 28.5 Å². The molecule has 6 rings (SSSR count). The van der Waals surface area contributed by atoms with Gasteiger partial charge in [0.25, 0.3) is 15.9 Å². The Morgan fingerprint density at radius 1 is 1.04 bits per heavy atom. The lowest BCUT2D eigenvalue weighted by Crippen LogP contribution is -2.64. The third kappa shape index (κ3) is 7.11. The number of aryl methyl sites for hydroxylation is 2. The molecule has 3 aliphatic rings. The van der Waals surface area contributed by atoms with Gasteiger partial charge in [0, 0.05) is 36.3 Å². The van der Waals surface area contributed by atoms with Gasteiger partial charge in [0.05, 0.1) is 22.7 Å². The third-order valence-electron chi connectivity index (χ3n) is 10.1. The summed E-state index contributed by atoms with van der Waals surface area (Å²) in [6.07, 6.45) is 3.48. The van der Waals surface area contributed by atoms with E-state index in [9.17, 15) is 18.0 Å². The number of ether oxygens (including phenoxy) is 2. The summed E-state index contributed by atoms with van der Waals surface area (Å²) in [4.78, 5) is 39.7.